The summed E-state index contributed by atoms with van der Waals surface area (Å²) in [7, 11) is -4.66. The van der Waals surface area contributed by atoms with E-state index in [0.29, 0.717) is 29.5 Å². The summed E-state index contributed by atoms with van der Waals surface area (Å²) in [5.41, 5.74) is 6.10. The Labute approximate surface area is 345 Å². The second-order valence-electron chi connectivity index (χ2n) is 15.3. The van der Waals surface area contributed by atoms with Gasteiger partial charge in [-0.05, 0) is 84.3 Å². The topological polar surface area (TPSA) is 212 Å². The highest BCUT2D eigenvalue weighted by Crippen LogP contribution is 2.43. The first-order valence-electron chi connectivity index (χ1n) is 18.9. The van der Waals surface area contributed by atoms with E-state index in [1.807, 2.05) is 22.9 Å². The van der Waals surface area contributed by atoms with Gasteiger partial charge < -0.3 is 19.9 Å². The number of nitrogens with zero attached hydrogens (tertiary/aromatic N) is 4. The van der Waals surface area contributed by atoms with Crippen molar-refractivity contribution in [2.24, 2.45) is 5.41 Å². The number of fused-ring (bicyclic) bond motifs is 1. The lowest BCUT2D eigenvalue weighted by atomic mass is 9.72. The zero-order valence-corrected chi connectivity index (χ0v) is 33.9. The maximum absolute atomic E-state index is 13.8. The minimum Gasteiger partial charge on any atom is -0.455 e. The zero-order valence-electron chi connectivity index (χ0n) is 32.3. The van der Waals surface area contributed by atoms with Crippen LogP contribution >= 0.6 is 11.6 Å². The van der Waals surface area contributed by atoms with Crippen LogP contribution in [0.15, 0.2) is 95.7 Å². The van der Waals surface area contributed by atoms with Crippen LogP contribution < -0.4 is 25.2 Å². The van der Waals surface area contributed by atoms with Crippen molar-refractivity contribution in [2.75, 3.05) is 49.5 Å². The number of rotatable bonds is 13. The van der Waals surface area contributed by atoms with E-state index in [1.54, 1.807) is 24.4 Å². The van der Waals surface area contributed by atoms with Crippen LogP contribution in [0.25, 0.3) is 16.6 Å². The van der Waals surface area contributed by atoms with Gasteiger partial charge in [0.15, 0.2) is 0 Å². The van der Waals surface area contributed by atoms with Crippen molar-refractivity contribution in [3.05, 3.63) is 117 Å². The van der Waals surface area contributed by atoms with Gasteiger partial charge >= 0.3 is 0 Å². The monoisotopic (exact) mass is 842 g/mol. The first-order chi connectivity index (χ1) is 28.2. The fourth-order valence-electron chi connectivity index (χ4n) is 7.41. The van der Waals surface area contributed by atoms with Gasteiger partial charge in [-0.25, -0.2) is 23.6 Å². The van der Waals surface area contributed by atoms with Crippen LogP contribution in [-0.4, -0.2) is 84.5 Å². The van der Waals surface area contributed by atoms with E-state index in [4.69, 9.17) is 21.5 Å². The van der Waals surface area contributed by atoms with Gasteiger partial charge in [0.05, 0.1) is 28.1 Å². The van der Waals surface area contributed by atoms with Crippen molar-refractivity contribution in [1.29, 1.82) is 0 Å². The number of allylic oxidation sites excluding steroid dienone is 1. The van der Waals surface area contributed by atoms with Gasteiger partial charge in [0.2, 0.25) is 0 Å². The number of nitrogens with one attached hydrogen (secondary N) is 4. The number of amides is 2. The molecule has 5 aromatic rings. The lowest BCUT2D eigenvalue weighted by Crippen LogP contribution is -2.47. The van der Waals surface area contributed by atoms with E-state index >= 15 is 0 Å². The third-order valence-corrected chi connectivity index (χ3v) is 12.2. The molecule has 5 N–H and O–H groups in total. The number of hydrogen-bond acceptors (Lipinski definition) is 12. The third kappa shape index (κ3) is 9.66. The molecule has 308 valence electrons. The molecule has 18 heteroatoms. The number of halogens is 1. The standard InChI is InChI=1S/C41H43ClN8O8S/c1-41(2)13-11-28(34(22-41)26-3-5-29(42)6-4-26)25-48-15-17-49(18-16-48)30-7-9-33(37(20-30)58-31-19-27-12-14-43-39(27)45-23-31)40(52)47-59(56,57)32-8-10-35(36(21-32)50(54)55)44-24-38(51)46-53/h3-10,12,14,19-21,23,44,53H,11,13,15-18,22,24-25H2,1-2H3,(H,43,45)(H,46,51)(H,47,52). The summed E-state index contributed by atoms with van der Waals surface area (Å²) in [5, 5.41) is 24.5. The lowest BCUT2D eigenvalue weighted by molar-refractivity contribution is -0.384. The van der Waals surface area contributed by atoms with Crippen LogP contribution in [0, 0.1) is 15.5 Å². The Bertz CT molecular complexity index is 2550. The third-order valence-electron chi connectivity index (χ3n) is 10.6. The van der Waals surface area contributed by atoms with Crippen molar-refractivity contribution in [3.8, 4) is 11.5 Å². The van der Waals surface area contributed by atoms with Crippen molar-refractivity contribution in [2.45, 2.75) is 38.0 Å². The van der Waals surface area contributed by atoms with Crippen LogP contribution in [0.2, 0.25) is 5.02 Å². The number of ether oxygens (including phenoxy) is 1. The maximum Gasteiger partial charge on any atom is 0.293 e. The van der Waals surface area contributed by atoms with Crippen molar-refractivity contribution in [1.82, 2.24) is 25.1 Å². The number of piperazine rings is 1. The molecule has 0 radical (unpaired) electrons. The Morgan fingerprint density at radius 3 is 2.53 bits per heavy atom. The quantitative estimate of drug-likeness (QED) is 0.0474. The van der Waals surface area contributed by atoms with Gasteiger partial charge in [0.25, 0.3) is 27.5 Å². The number of hydroxylamine groups is 1. The maximum atomic E-state index is 13.8. The molecule has 0 atom stereocenters. The summed E-state index contributed by atoms with van der Waals surface area (Å²) >= 11 is 6.22. The molecule has 1 saturated heterocycles. The Morgan fingerprint density at radius 1 is 1.03 bits per heavy atom. The van der Waals surface area contributed by atoms with Gasteiger partial charge in [-0.3, -0.25) is 29.8 Å². The number of carbonyl (C=O) groups is 2. The Balaban J connectivity index is 1.11. The number of nitro benzene ring substituents is 1. The molecule has 16 nitrogen and oxygen atoms in total. The van der Waals surface area contributed by atoms with Gasteiger partial charge in [-0.1, -0.05) is 43.2 Å². The Hall–Kier alpha value is -6.01. The van der Waals surface area contributed by atoms with Gasteiger partial charge in [0.1, 0.15) is 22.8 Å². The van der Waals surface area contributed by atoms with E-state index in [1.165, 1.54) is 34.5 Å². The minimum atomic E-state index is -4.66. The zero-order chi connectivity index (χ0) is 41.9. The molecule has 2 aliphatic rings. The average Bonchev–Trinajstić information content (AvgIpc) is 3.69. The molecule has 3 heterocycles. The van der Waals surface area contributed by atoms with E-state index in [-0.39, 0.29) is 22.4 Å². The molecule has 7 rings (SSSR count). The number of aromatic amines is 1. The van der Waals surface area contributed by atoms with Gasteiger partial charge in [-0.2, -0.15) is 0 Å². The van der Waals surface area contributed by atoms with Crippen molar-refractivity contribution in [3.63, 3.8) is 0 Å². The second-order valence-corrected chi connectivity index (χ2v) is 17.4. The Morgan fingerprint density at radius 2 is 1.80 bits per heavy atom. The number of benzene rings is 3. The van der Waals surface area contributed by atoms with Crippen LogP contribution in [-0.2, 0) is 14.8 Å². The summed E-state index contributed by atoms with van der Waals surface area (Å²) in [6.45, 7) is 7.94. The molecule has 1 fully saturated rings. The van der Waals surface area contributed by atoms with E-state index in [0.717, 1.165) is 68.2 Å². The van der Waals surface area contributed by atoms with Gasteiger partial charge in [0, 0.05) is 67.1 Å². The molecule has 59 heavy (non-hydrogen) atoms. The molecule has 0 bridgehead atoms. The number of anilines is 2. The largest absolute Gasteiger partial charge is 0.455 e. The van der Waals surface area contributed by atoms with Crippen LogP contribution in [0.3, 0.4) is 0 Å². The minimum absolute atomic E-state index is 0.0737. The average molecular weight is 843 g/mol. The lowest BCUT2D eigenvalue weighted by Gasteiger charge is -2.39. The number of sulfonamides is 1. The fourth-order valence-corrected chi connectivity index (χ4v) is 8.52. The van der Waals surface area contributed by atoms with Crippen LogP contribution in [0.4, 0.5) is 17.1 Å². The first-order valence-corrected chi connectivity index (χ1v) is 20.8. The predicted octanol–water partition coefficient (Wildman–Crippen LogP) is 6.74. The molecule has 2 amide bonds. The highest BCUT2D eigenvalue weighted by molar-refractivity contribution is 7.90. The molecule has 2 aromatic heterocycles. The van der Waals surface area contributed by atoms with Crippen LogP contribution in [0.5, 0.6) is 11.5 Å². The highest BCUT2D eigenvalue weighted by atomic mass is 35.5. The Kier molecular flexibility index (Phi) is 11.9. The molecule has 0 spiro atoms. The second kappa shape index (κ2) is 17.1. The van der Waals surface area contributed by atoms with E-state index < -0.39 is 43.9 Å². The SMILES string of the molecule is CC1(C)CCC(CN2CCN(c3ccc(C(=O)NS(=O)(=O)c4ccc(NCC(=O)NO)c([N+](=O)[O-])c4)c(Oc4cnc5[nH]ccc5c4)c3)CC2)=C(c2ccc(Cl)cc2)C1. The van der Waals surface area contributed by atoms with Crippen molar-refractivity contribution >= 4 is 67.1 Å². The summed E-state index contributed by atoms with van der Waals surface area (Å²) in [6, 6.07) is 19.5. The molecular weight excluding hydrogens is 800 g/mol. The van der Waals surface area contributed by atoms with Crippen LogP contribution in [0.1, 0.15) is 49.0 Å². The predicted molar refractivity (Wildman–Crippen MR) is 223 cm³/mol. The molecule has 1 aliphatic heterocycles. The number of aromatic nitrogens is 2. The summed E-state index contributed by atoms with van der Waals surface area (Å²) in [6.07, 6.45) is 6.36. The number of carbonyl (C=O) groups excluding carboxylic acids is 2. The molecule has 3 aromatic carbocycles. The number of pyridine rings is 1. The molecule has 1 aliphatic carbocycles. The number of H-pyrrole nitrogens is 1. The van der Waals surface area contributed by atoms with E-state index in [2.05, 4.69) is 51.1 Å². The van der Waals surface area contributed by atoms with E-state index in [9.17, 15) is 28.1 Å². The summed E-state index contributed by atoms with van der Waals surface area (Å²) < 4.78 is 35.2. The summed E-state index contributed by atoms with van der Waals surface area (Å²) in [5.74, 6) is -1.52. The highest BCUT2D eigenvalue weighted by Gasteiger charge is 2.30. The fraction of sp³-hybridized carbons (Fsp3) is 0.293. The number of hydrogen-bond donors (Lipinski definition) is 5. The molecule has 0 unspecified atom stereocenters. The van der Waals surface area contributed by atoms with Crippen molar-refractivity contribution < 1.29 is 32.9 Å². The first kappa shape index (κ1) is 41.2. The summed E-state index contributed by atoms with van der Waals surface area (Å²) in [4.78, 5) is 47.7. The molecular formula is C41H43ClN8O8S. The smallest absolute Gasteiger partial charge is 0.293 e. The number of nitro groups is 1. The molecule has 0 saturated carbocycles. The normalized spacial score (nSPS) is 15.8. The van der Waals surface area contributed by atoms with Gasteiger partial charge in [-0.15, -0.1) is 0 Å².